The first-order chi connectivity index (χ1) is 12.9. The molecule has 4 amide bonds. The average Bonchev–Trinajstić information content (AvgIpc) is 3.17. The number of imide groups is 1. The summed E-state index contributed by atoms with van der Waals surface area (Å²) in [5.41, 5.74) is 3.06. The van der Waals surface area contributed by atoms with Gasteiger partial charge >= 0.3 is 6.03 Å². The molecule has 0 spiro atoms. The molecule has 1 aromatic carbocycles. The molecule has 7 heteroatoms. The minimum absolute atomic E-state index is 0.446. The van der Waals surface area contributed by atoms with Crippen LogP contribution in [-0.2, 0) is 23.2 Å². The first kappa shape index (κ1) is 19.1. The Kier molecular flexibility index (Phi) is 5.32. The molecule has 1 aromatic heterocycles. The number of nitrogens with zero attached hydrogens (tertiary/aromatic N) is 1. The zero-order chi connectivity index (χ0) is 19.6. The van der Waals surface area contributed by atoms with Gasteiger partial charge in [-0.1, -0.05) is 50.6 Å². The van der Waals surface area contributed by atoms with E-state index in [0.717, 1.165) is 29.8 Å². The van der Waals surface area contributed by atoms with E-state index in [1.165, 1.54) is 16.2 Å². The number of carbonyl (C=O) groups excluding carboxylic acids is 3. The summed E-state index contributed by atoms with van der Waals surface area (Å²) in [7, 11) is 0. The van der Waals surface area contributed by atoms with Crippen molar-refractivity contribution < 1.29 is 14.4 Å². The highest BCUT2D eigenvalue weighted by atomic mass is 32.1. The summed E-state index contributed by atoms with van der Waals surface area (Å²) in [4.78, 5) is 39.6. The van der Waals surface area contributed by atoms with E-state index in [0.29, 0.717) is 10.4 Å². The van der Waals surface area contributed by atoms with Gasteiger partial charge in [-0.05, 0) is 37.0 Å². The molecule has 3 rings (SSSR count). The number of carbonyl (C=O) groups is 3. The second-order valence-electron chi connectivity index (χ2n) is 6.67. The Morgan fingerprint density at radius 1 is 1.22 bits per heavy atom. The second kappa shape index (κ2) is 7.52. The molecule has 0 aliphatic carbocycles. The van der Waals surface area contributed by atoms with Crippen molar-refractivity contribution >= 4 is 29.2 Å². The molecule has 2 aromatic rings. The molecule has 1 unspecified atom stereocenters. The molecule has 6 nitrogen and oxygen atoms in total. The number of hydrogen-bond acceptors (Lipinski definition) is 4. The van der Waals surface area contributed by atoms with E-state index < -0.39 is 23.4 Å². The van der Waals surface area contributed by atoms with Crippen LogP contribution in [-0.4, -0.2) is 22.9 Å². The van der Waals surface area contributed by atoms with Crippen LogP contribution in [0.5, 0.6) is 0 Å². The summed E-state index contributed by atoms with van der Waals surface area (Å²) in [6.07, 6.45) is 2.75. The Labute approximate surface area is 162 Å². The molecule has 0 bridgehead atoms. The van der Waals surface area contributed by atoms with E-state index in [9.17, 15) is 14.4 Å². The molecule has 27 heavy (non-hydrogen) atoms. The van der Waals surface area contributed by atoms with Crippen LogP contribution in [0.25, 0.3) is 0 Å². The van der Waals surface area contributed by atoms with Gasteiger partial charge in [0.15, 0.2) is 0 Å². The summed E-state index contributed by atoms with van der Waals surface area (Å²) >= 11 is 1.42. The van der Waals surface area contributed by atoms with Crippen molar-refractivity contribution in [1.82, 2.24) is 15.8 Å². The van der Waals surface area contributed by atoms with Gasteiger partial charge in [0.05, 0.1) is 4.88 Å². The molecular weight excluding hydrogens is 362 g/mol. The van der Waals surface area contributed by atoms with Crippen LogP contribution in [0, 0.1) is 0 Å². The zero-order valence-corrected chi connectivity index (χ0v) is 16.5. The van der Waals surface area contributed by atoms with Crippen LogP contribution < -0.4 is 10.7 Å². The Morgan fingerprint density at radius 3 is 2.56 bits per heavy atom. The standard InChI is InChI=1S/C20H23N3O3S/c1-4-9-15-13(5-2)12-16(27-15)17(24)22-23-18(25)20(3,21-19(23)26)14-10-7-6-8-11-14/h6-8,10-12H,4-5,9H2,1-3H3,(H,21,26)(H,22,24). The Morgan fingerprint density at radius 2 is 1.93 bits per heavy atom. The van der Waals surface area contributed by atoms with Gasteiger partial charge in [-0.25, -0.2) is 4.79 Å². The topological polar surface area (TPSA) is 78.5 Å². The van der Waals surface area contributed by atoms with E-state index in [1.54, 1.807) is 31.2 Å². The molecule has 1 atom stereocenters. The number of urea groups is 1. The van der Waals surface area contributed by atoms with Gasteiger partial charge in [-0.3, -0.25) is 15.0 Å². The van der Waals surface area contributed by atoms with Crippen molar-refractivity contribution in [2.24, 2.45) is 0 Å². The molecule has 1 aliphatic rings. The van der Waals surface area contributed by atoms with Gasteiger partial charge < -0.3 is 5.32 Å². The summed E-state index contributed by atoms with van der Waals surface area (Å²) in [5, 5.41) is 3.46. The van der Waals surface area contributed by atoms with Crippen molar-refractivity contribution in [2.75, 3.05) is 0 Å². The first-order valence-corrected chi connectivity index (χ1v) is 9.87. The van der Waals surface area contributed by atoms with E-state index in [2.05, 4.69) is 17.7 Å². The third kappa shape index (κ3) is 3.47. The molecule has 0 saturated carbocycles. The highest BCUT2D eigenvalue weighted by Gasteiger charge is 2.50. The van der Waals surface area contributed by atoms with Gasteiger partial charge in [-0.2, -0.15) is 5.01 Å². The Bertz CT molecular complexity index is 878. The molecule has 142 valence electrons. The predicted molar refractivity (Wildman–Crippen MR) is 104 cm³/mol. The van der Waals surface area contributed by atoms with Gasteiger partial charge in [0.2, 0.25) is 0 Å². The largest absolute Gasteiger partial charge is 0.344 e. The maximum atomic E-state index is 12.9. The number of nitrogens with one attached hydrogen (secondary N) is 2. The van der Waals surface area contributed by atoms with Crippen LogP contribution in [0.2, 0.25) is 0 Å². The number of hydrogen-bond donors (Lipinski definition) is 2. The molecule has 1 aliphatic heterocycles. The lowest BCUT2D eigenvalue weighted by molar-refractivity contribution is -0.132. The zero-order valence-electron chi connectivity index (χ0n) is 15.7. The molecule has 1 saturated heterocycles. The Hall–Kier alpha value is -2.67. The van der Waals surface area contributed by atoms with Crippen LogP contribution in [0.1, 0.15) is 52.9 Å². The lowest BCUT2D eigenvalue weighted by Gasteiger charge is -2.21. The van der Waals surface area contributed by atoms with Gasteiger partial charge in [0, 0.05) is 4.88 Å². The van der Waals surface area contributed by atoms with E-state index in [4.69, 9.17) is 0 Å². The first-order valence-electron chi connectivity index (χ1n) is 9.05. The van der Waals surface area contributed by atoms with Crippen LogP contribution in [0.15, 0.2) is 36.4 Å². The van der Waals surface area contributed by atoms with Gasteiger partial charge in [0.25, 0.3) is 11.8 Å². The van der Waals surface area contributed by atoms with Crippen molar-refractivity contribution in [3.63, 3.8) is 0 Å². The van der Waals surface area contributed by atoms with Crippen molar-refractivity contribution in [2.45, 2.75) is 45.6 Å². The number of hydrazine groups is 1. The van der Waals surface area contributed by atoms with Crippen molar-refractivity contribution in [3.8, 4) is 0 Å². The summed E-state index contributed by atoms with van der Waals surface area (Å²) < 4.78 is 0. The monoisotopic (exact) mass is 385 g/mol. The summed E-state index contributed by atoms with van der Waals surface area (Å²) in [6, 6.07) is 10.2. The molecule has 0 radical (unpaired) electrons. The SMILES string of the molecule is CCCc1sc(C(=O)NN2C(=O)NC(C)(c3ccccc3)C2=O)cc1CC. The van der Waals surface area contributed by atoms with Crippen molar-refractivity contribution in [1.29, 1.82) is 0 Å². The maximum Gasteiger partial charge on any atom is 0.344 e. The van der Waals surface area contributed by atoms with Crippen LogP contribution in [0.3, 0.4) is 0 Å². The fourth-order valence-electron chi connectivity index (χ4n) is 3.18. The molecule has 2 heterocycles. The number of thiophene rings is 1. The van der Waals surface area contributed by atoms with E-state index in [-0.39, 0.29) is 0 Å². The highest BCUT2D eigenvalue weighted by Crippen LogP contribution is 2.29. The predicted octanol–water partition coefficient (Wildman–Crippen LogP) is 3.38. The smallest absolute Gasteiger partial charge is 0.318 e. The number of aryl methyl sites for hydroxylation is 2. The molecule has 2 N–H and O–H groups in total. The third-order valence-electron chi connectivity index (χ3n) is 4.73. The second-order valence-corrected chi connectivity index (χ2v) is 7.80. The fraction of sp³-hybridized carbons (Fsp3) is 0.350. The Balaban J connectivity index is 1.80. The summed E-state index contributed by atoms with van der Waals surface area (Å²) in [6.45, 7) is 5.77. The average molecular weight is 385 g/mol. The normalized spacial score (nSPS) is 19.3. The van der Waals surface area contributed by atoms with Gasteiger partial charge in [-0.15, -0.1) is 11.3 Å². The number of rotatable bonds is 6. The molecular formula is C20H23N3O3S. The molecule has 1 fully saturated rings. The lowest BCUT2D eigenvalue weighted by atomic mass is 9.92. The lowest BCUT2D eigenvalue weighted by Crippen LogP contribution is -2.47. The number of benzene rings is 1. The minimum Gasteiger partial charge on any atom is -0.318 e. The highest BCUT2D eigenvalue weighted by molar-refractivity contribution is 7.14. The quantitative estimate of drug-likeness (QED) is 0.748. The van der Waals surface area contributed by atoms with Crippen molar-refractivity contribution in [3.05, 3.63) is 57.3 Å². The van der Waals surface area contributed by atoms with E-state index >= 15 is 0 Å². The number of amides is 4. The summed E-state index contributed by atoms with van der Waals surface area (Å²) in [5.74, 6) is -0.953. The van der Waals surface area contributed by atoms with E-state index in [1.807, 2.05) is 19.1 Å². The van der Waals surface area contributed by atoms with Gasteiger partial charge in [0.1, 0.15) is 5.54 Å². The maximum absolute atomic E-state index is 12.9. The minimum atomic E-state index is -1.21. The third-order valence-corrected chi connectivity index (χ3v) is 5.97. The van der Waals surface area contributed by atoms with Crippen LogP contribution in [0.4, 0.5) is 4.79 Å². The fourth-order valence-corrected chi connectivity index (χ4v) is 4.43. The van der Waals surface area contributed by atoms with Crippen LogP contribution >= 0.6 is 11.3 Å².